The van der Waals surface area contributed by atoms with E-state index in [0.717, 1.165) is 26.2 Å². The van der Waals surface area contributed by atoms with E-state index < -0.39 is 5.82 Å². The number of nitrogens with one attached hydrogen (secondary N) is 1. The van der Waals surface area contributed by atoms with E-state index in [4.69, 9.17) is 23.8 Å². The third-order valence-electron chi connectivity index (χ3n) is 3.86. The van der Waals surface area contributed by atoms with Gasteiger partial charge in [-0.2, -0.15) is 0 Å². The van der Waals surface area contributed by atoms with Crippen LogP contribution in [0.3, 0.4) is 0 Å². The molecule has 0 aliphatic carbocycles. The quantitative estimate of drug-likeness (QED) is 0.826. The van der Waals surface area contributed by atoms with E-state index in [1.165, 1.54) is 11.8 Å². The van der Waals surface area contributed by atoms with Gasteiger partial charge in [0.15, 0.2) is 5.11 Å². The zero-order valence-electron chi connectivity index (χ0n) is 12.5. The molecule has 1 fully saturated rings. The second-order valence-electron chi connectivity index (χ2n) is 5.37. The molecule has 0 aromatic heterocycles. The van der Waals surface area contributed by atoms with Crippen LogP contribution in [0.15, 0.2) is 48.5 Å². The maximum absolute atomic E-state index is 13.2. The summed E-state index contributed by atoms with van der Waals surface area (Å²) >= 11 is 11.2. The van der Waals surface area contributed by atoms with Gasteiger partial charge < -0.3 is 15.1 Å². The number of thiocarbonyl (C=S) groups is 1. The maximum atomic E-state index is 13.2. The van der Waals surface area contributed by atoms with E-state index in [9.17, 15) is 4.39 Å². The second kappa shape index (κ2) is 7.15. The van der Waals surface area contributed by atoms with Gasteiger partial charge in [-0.25, -0.2) is 4.39 Å². The highest BCUT2D eigenvalue weighted by Gasteiger charge is 2.19. The lowest BCUT2D eigenvalue weighted by atomic mass is 10.2. The van der Waals surface area contributed by atoms with E-state index in [-0.39, 0.29) is 5.02 Å². The number of piperazine rings is 1. The molecule has 23 heavy (non-hydrogen) atoms. The standard InChI is InChI=1S/C17H17ClFN3S/c18-15-12-13(6-7-16(15)19)20-17(23)22-10-8-21(9-11-22)14-4-2-1-3-5-14/h1-7,12H,8-11H2,(H,20,23). The SMILES string of the molecule is Fc1ccc(NC(=S)N2CCN(c3ccccc3)CC2)cc1Cl. The molecular formula is C17H17ClFN3S. The van der Waals surface area contributed by atoms with Crippen molar-refractivity contribution in [2.75, 3.05) is 36.4 Å². The molecule has 120 valence electrons. The summed E-state index contributed by atoms with van der Waals surface area (Å²) in [5.41, 5.74) is 1.93. The van der Waals surface area contributed by atoms with Crippen LogP contribution in [0.5, 0.6) is 0 Å². The smallest absolute Gasteiger partial charge is 0.173 e. The molecule has 0 atom stereocenters. The van der Waals surface area contributed by atoms with Gasteiger partial charge in [-0.15, -0.1) is 0 Å². The zero-order chi connectivity index (χ0) is 16.2. The fraction of sp³-hybridized carbons (Fsp3) is 0.235. The number of halogens is 2. The van der Waals surface area contributed by atoms with Gasteiger partial charge in [-0.3, -0.25) is 0 Å². The summed E-state index contributed by atoms with van der Waals surface area (Å²) in [7, 11) is 0. The van der Waals surface area contributed by atoms with E-state index in [1.54, 1.807) is 12.1 Å². The highest BCUT2D eigenvalue weighted by Crippen LogP contribution is 2.20. The Morgan fingerprint density at radius 3 is 2.39 bits per heavy atom. The van der Waals surface area contributed by atoms with Crippen molar-refractivity contribution < 1.29 is 4.39 Å². The van der Waals surface area contributed by atoms with Crippen LogP contribution in [0.25, 0.3) is 0 Å². The second-order valence-corrected chi connectivity index (χ2v) is 6.16. The highest BCUT2D eigenvalue weighted by atomic mass is 35.5. The molecule has 0 unspecified atom stereocenters. The molecule has 3 rings (SSSR count). The van der Waals surface area contributed by atoms with Gasteiger partial charge in [0.25, 0.3) is 0 Å². The van der Waals surface area contributed by atoms with Crippen molar-refractivity contribution in [3.63, 3.8) is 0 Å². The lowest BCUT2D eigenvalue weighted by Gasteiger charge is -2.37. The van der Waals surface area contributed by atoms with Gasteiger partial charge in [0.05, 0.1) is 5.02 Å². The van der Waals surface area contributed by atoms with Gasteiger partial charge in [-0.05, 0) is 42.5 Å². The molecule has 0 amide bonds. The van der Waals surface area contributed by atoms with Crippen molar-refractivity contribution in [3.8, 4) is 0 Å². The summed E-state index contributed by atoms with van der Waals surface area (Å²) in [5.74, 6) is -0.431. The fourth-order valence-electron chi connectivity index (χ4n) is 2.58. The summed E-state index contributed by atoms with van der Waals surface area (Å²) in [6.07, 6.45) is 0. The minimum Gasteiger partial charge on any atom is -0.368 e. The summed E-state index contributed by atoms with van der Waals surface area (Å²) < 4.78 is 13.2. The number of para-hydroxylation sites is 1. The number of hydrogen-bond acceptors (Lipinski definition) is 2. The first kappa shape index (κ1) is 16.0. The molecule has 0 saturated carbocycles. The van der Waals surface area contributed by atoms with Crippen LogP contribution in [0.4, 0.5) is 15.8 Å². The van der Waals surface area contributed by atoms with E-state index in [1.807, 2.05) is 18.2 Å². The van der Waals surface area contributed by atoms with Gasteiger partial charge in [0.1, 0.15) is 5.82 Å². The van der Waals surface area contributed by atoms with Crippen molar-refractivity contribution in [3.05, 3.63) is 59.4 Å². The van der Waals surface area contributed by atoms with Crippen LogP contribution in [0.1, 0.15) is 0 Å². The van der Waals surface area contributed by atoms with E-state index in [0.29, 0.717) is 10.8 Å². The topological polar surface area (TPSA) is 18.5 Å². The summed E-state index contributed by atoms with van der Waals surface area (Å²) in [6.45, 7) is 3.51. The van der Waals surface area contributed by atoms with Crippen molar-refractivity contribution in [2.24, 2.45) is 0 Å². The molecule has 1 aliphatic rings. The van der Waals surface area contributed by atoms with Gasteiger partial charge in [-0.1, -0.05) is 29.8 Å². The molecule has 1 heterocycles. The monoisotopic (exact) mass is 349 g/mol. The Kier molecular flexibility index (Phi) is 4.98. The van der Waals surface area contributed by atoms with Crippen LogP contribution in [-0.4, -0.2) is 36.2 Å². The first-order valence-corrected chi connectivity index (χ1v) is 8.23. The summed E-state index contributed by atoms with van der Waals surface area (Å²) in [6, 6.07) is 14.9. The highest BCUT2D eigenvalue weighted by molar-refractivity contribution is 7.80. The fourth-order valence-corrected chi connectivity index (χ4v) is 3.06. The van der Waals surface area contributed by atoms with E-state index >= 15 is 0 Å². The average molecular weight is 350 g/mol. The van der Waals surface area contributed by atoms with Crippen molar-refractivity contribution in [1.82, 2.24) is 4.90 Å². The third-order valence-corrected chi connectivity index (χ3v) is 4.51. The molecule has 2 aromatic rings. The summed E-state index contributed by atoms with van der Waals surface area (Å²) in [5, 5.41) is 3.85. The van der Waals surface area contributed by atoms with Crippen molar-refractivity contribution in [1.29, 1.82) is 0 Å². The number of anilines is 2. The summed E-state index contributed by atoms with van der Waals surface area (Å²) in [4.78, 5) is 4.46. The number of hydrogen-bond donors (Lipinski definition) is 1. The van der Waals surface area contributed by atoms with Crippen LogP contribution < -0.4 is 10.2 Å². The Bertz CT molecular complexity index is 687. The van der Waals surface area contributed by atoms with Gasteiger partial charge in [0, 0.05) is 37.6 Å². The molecule has 1 saturated heterocycles. The normalized spacial score (nSPS) is 14.7. The number of nitrogens with zero attached hydrogens (tertiary/aromatic N) is 2. The average Bonchev–Trinajstić information content (AvgIpc) is 2.59. The largest absolute Gasteiger partial charge is 0.368 e. The number of rotatable bonds is 2. The molecule has 2 aromatic carbocycles. The molecule has 0 bridgehead atoms. The molecule has 0 radical (unpaired) electrons. The lowest BCUT2D eigenvalue weighted by molar-refractivity contribution is 0.391. The predicted molar refractivity (Wildman–Crippen MR) is 97.9 cm³/mol. The Labute approximate surface area is 145 Å². The van der Waals surface area contributed by atoms with Gasteiger partial charge >= 0.3 is 0 Å². The number of benzene rings is 2. The van der Waals surface area contributed by atoms with Crippen LogP contribution in [-0.2, 0) is 0 Å². The third kappa shape index (κ3) is 3.92. The molecule has 3 nitrogen and oxygen atoms in total. The molecule has 1 N–H and O–H groups in total. The molecule has 0 spiro atoms. The first-order chi connectivity index (χ1) is 11.1. The molecule has 6 heteroatoms. The maximum Gasteiger partial charge on any atom is 0.173 e. The Morgan fingerprint density at radius 1 is 1.04 bits per heavy atom. The van der Waals surface area contributed by atoms with Crippen LogP contribution in [0, 0.1) is 5.82 Å². The van der Waals surface area contributed by atoms with Gasteiger partial charge in [0.2, 0.25) is 0 Å². The minimum atomic E-state index is -0.431. The Hall–Kier alpha value is -1.85. The molecular weight excluding hydrogens is 333 g/mol. The van der Waals surface area contributed by atoms with Crippen molar-refractivity contribution in [2.45, 2.75) is 0 Å². The van der Waals surface area contributed by atoms with Crippen LogP contribution in [0.2, 0.25) is 5.02 Å². The zero-order valence-corrected chi connectivity index (χ0v) is 14.1. The first-order valence-electron chi connectivity index (χ1n) is 7.44. The lowest BCUT2D eigenvalue weighted by Crippen LogP contribution is -2.50. The Balaban J connectivity index is 1.57. The van der Waals surface area contributed by atoms with Crippen molar-refractivity contribution >= 4 is 40.3 Å². The van der Waals surface area contributed by atoms with Crippen LogP contribution >= 0.6 is 23.8 Å². The Morgan fingerprint density at radius 2 is 1.74 bits per heavy atom. The minimum absolute atomic E-state index is 0.0895. The predicted octanol–water partition coefficient (Wildman–Crippen LogP) is 4.00. The van der Waals surface area contributed by atoms with E-state index in [2.05, 4.69) is 27.2 Å². The molecule has 1 aliphatic heterocycles.